The summed E-state index contributed by atoms with van der Waals surface area (Å²) in [5, 5.41) is 4.43. The first-order valence-corrected chi connectivity index (χ1v) is 16.4. The summed E-state index contributed by atoms with van der Waals surface area (Å²) in [6, 6.07) is 7.36. The van der Waals surface area contributed by atoms with Gasteiger partial charge in [-0.15, -0.1) is 24.8 Å². The second-order valence-electron chi connectivity index (χ2n) is 12.8. The van der Waals surface area contributed by atoms with Crippen molar-refractivity contribution in [2.75, 3.05) is 28.8 Å². The zero-order valence-corrected chi connectivity index (χ0v) is 27.4. The average molecular weight is 659 g/mol. The number of carbonyl (C=O) groups is 2. The lowest BCUT2D eigenvalue weighted by Crippen LogP contribution is -2.67. The maximum Gasteiger partial charge on any atom is 0.365 e. The lowest BCUT2D eigenvalue weighted by Gasteiger charge is -2.56. The van der Waals surface area contributed by atoms with Crippen LogP contribution in [0, 0.1) is 23.2 Å². The number of amides is 1. The summed E-state index contributed by atoms with van der Waals surface area (Å²) >= 11 is 8.28. The summed E-state index contributed by atoms with van der Waals surface area (Å²) in [5.74, 6) is 3.19. The molecular weight excluding hydrogens is 617 g/mol. The number of anilines is 2. The van der Waals surface area contributed by atoms with Crippen LogP contribution in [0.4, 0.5) is 11.5 Å². The molecule has 12 heteroatoms. The summed E-state index contributed by atoms with van der Waals surface area (Å²) in [7, 11) is 0. The van der Waals surface area contributed by atoms with Gasteiger partial charge < -0.3 is 15.1 Å². The third-order valence-electron chi connectivity index (χ3n) is 9.76. The van der Waals surface area contributed by atoms with Crippen LogP contribution in [0.5, 0.6) is 0 Å². The van der Waals surface area contributed by atoms with Crippen LogP contribution < -0.4 is 21.4 Å². The number of hydrogen-bond donors (Lipinski definition) is 3. The van der Waals surface area contributed by atoms with E-state index in [1.807, 2.05) is 36.3 Å². The zero-order valence-electron chi connectivity index (χ0n) is 24.2. The van der Waals surface area contributed by atoms with Gasteiger partial charge in [0.15, 0.2) is 5.66 Å². The number of rotatable bonds is 7. The minimum absolute atomic E-state index is 0. The molecule has 1 aromatic carbocycles. The highest BCUT2D eigenvalue weighted by Gasteiger charge is 2.51. The van der Waals surface area contributed by atoms with Crippen molar-refractivity contribution in [3.05, 3.63) is 29.3 Å². The number of pyridine rings is 1. The van der Waals surface area contributed by atoms with E-state index < -0.39 is 11.6 Å². The molecular formula is C30H42Cl3N5O3S. The second-order valence-corrected chi connectivity index (χ2v) is 14.2. The minimum atomic E-state index is -1.38. The van der Waals surface area contributed by atoms with Crippen molar-refractivity contribution in [2.45, 2.75) is 76.4 Å². The van der Waals surface area contributed by atoms with Gasteiger partial charge in [0.05, 0.1) is 16.2 Å². The third kappa shape index (κ3) is 6.33. The number of fused-ring (bicyclic) bond motifs is 1. The van der Waals surface area contributed by atoms with Crippen LogP contribution >= 0.6 is 48.2 Å². The van der Waals surface area contributed by atoms with E-state index in [4.69, 9.17) is 27.2 Å². The van der Waals surface area contributed by atoms with E-state index in [9.17, 15) is 9.59 Å². The minimum Gasteiger partial charge on any atom is -0.368 e. The van der Waals surface area contributed by atoms with Crippen LogP contribution in [0.1, 0.15) is 64.7 Å². The van der Waals surface area contributed by atoms with Crippen LogP contribution in [0.2, 0.25) is 5.02 Å². The van der Waals surface area contributed by atoms with E-state index in [0.717, 1.165) is 29.6 Å². The predicted molar refractivity (Wildman–Crippen MR) is 176 cm³/mol. The molecule has 5 aliphatic rings. The number of carbonyl (C=O) groups excluding carboxylic acids is 2. The van der Waals surface area contributed by atoms with Crippen LogP contribution in [-0.4, -0.2) is 47.1 Å². The van der Waals surface area contributed by atoms with Gasteiger partial charge in [-0.25, -0.2) is 9.78 Å². The van der Waals surface area contributed by atoms with E-state index in [1.54, 1.807) is 17.8 Å². The Morgan fingerprint density at radius 1 is 1.17 bits per heavy atom. The molecule has 1 saturated heterocycles. The summed E-state index contributed by atoms with van der Waals surface area (Å²) in [6.07, 6.45) is 11.3. The fraction of sp³-hybridized carbons (Fsp3) is 0.633. The van der Waals surface area contributed by atoms with Crippen molar-refractivity contribution in [1.82, 2.24) is 10.5 Å². The SMILES string of the molecule is CSCCC1(N)C(=O)ONCCC(C)N1c1ccc2c(NC(=O)CC34CC5CC(CC(C5)C3)C4)c(Cl)ccc2n1.Cl.Cl. The van der Waals surface area contributed by atoms with Gasteiger partial charge in [0.1, 0.15) is 5.82 Å². The molecule has 2 atom stereocenters. The smallest absolute Gasteiger partial charge is 0.365 e. The molecule has 1 aromatic heterocycles. The molecule has 2 unspecified atom stereocenters. The van der Waals surface area contributed by atoms with Crippen LogP contribution in [0.3, 0.4) is 0 Å². The Morgan fingerprint density at radius 3 is 2.48 bits per heavy atom. The lowest BCUT2D eigenvalue weighted by molar-refractivity contribution is -0.159. The number of halogens is 3. The standard InChI is InChI=1S/C30H40ClN5O3S.2ClH/c1-18-7-9-33-39-28(38)30(32,8-10-40-2)36(18)25-6-3-22-24(34-25)5-4-23(31)27(22)35-26(37)17-29-14-19-11-20(15-29)13-21(12-19)16-29;;/h3-6,18-21,33H,7-17,32H2,1-2H3,(H,35,37);2*1H. The highest BCUT2D eigenvalue weighted by molar-refractivity contribution is 7.98. The fourth-order valence-electron chi connectivity index (χ4n) is 8.46. The Labute approximate surface area is 269 Å². The second kappa shape index (κ2) is 13.2. The maximum absolute atomic E-state index is 13.5. The Hall–Kier alpha value is -1.49. The molecule has 4 bridgehead atoms. The Kier molecular flexibility index (Phi) is 10.5. The zero-order chi connectivity index (χ0) is 28.1. The number of nitrogens with two attached hydrogens (primary N) is 1. The number of hydroxylamine groups is 1. The Balaban J connectivity index is 0.00000202. The van der Waals surface area contributed by atoms with E-state index in [2.05, 4.69) is 10.8 Å². The molecule has 232 valence electrons. The molecule has 4 aliphatic carbocycles. The number of benzene rings is 1. The normalized spacial score (nSPS) is 31.9. The van der Waals surface area contributed by atoms with Gasteiger partial charge in [-0.1, -0.05) is 11.6 Å². The molecule has 4 saturated carbocycles. The van der Waals surface area contributed by atoms with E-state index >= 15 is 0 Å². The third-order valence-corrected chi connectivity index (χ3v) is 10.7. The molecule has 0 radical (unpaired) electrons. The Bertz CT molecular complexity index is 1280. The summed E-state index contributed by atoms with van der Waals surface area (Å²) < 4.78 is 0. The molecule has 42 heavy (non-hydrogen) atoms. The highest BCUT2D eigenvalue weighted by Crippen LogP contribution is 2.61. The van der Waals surface area contributed by atoms with Gasteiger partial charge in [0, 0.05) is 30.8 Å². The summed E-state index contributed by atoms with van der Waals surface area (Å²) in [5.41, 5.74) is 9.60. The first-order valence-electron chi connectivity index (χ1n) is 14.6. The molecule has 4 N–H and O–H groups in total. The van der Waals surface area contributed by atoms with Gasteiger partial charge in [-0.2, -0.15) is 17.2 Å². The molecule has 1 amide bonds. The van der Waals surface area contributed by atoms with Crippen molar-refractivity contribution >= 4 is 82.5 Å². The van der Waals surface area contributed by atoms with E-state index in [-0.39, 0.29) is 42.2 Å². The number of nitrogens with zero attached hydrogens (tertiary/aromatic N) is 2. The van der Waals surface area contributed by atoms with Crippen molar-refractivity contribution in [3.8, 4) is 0 Å². The molecule has 1 aliphatic heterocycles. The van der Waals surface area contributed by atoms with Gasteiger partial charge >= 0.3 is 5.97 Å². The van der Waals surface area contributed by atoms with Crippen molar-refractivity contribution in [3.63, 3.8) is 0 Å². The summed E-state index contributed by atoms with van der Waals surface area (Å²) in [6.45, 7) is 2.57. The van der Waals surface area contributed by atoms with E-state index in [1.165, 1.54) is 38.5 Å². The number of thioether (sulfide) groups is 1. The van der Waals surface area contributed by atoms with Crippen molar-refractivity contribution in [2.24, 2.45) is 28.9 Å². The van der Waals surface area contributed by atoms with Gasteiger partial charge in [0.25, 0.3) is 0 Å². The topological polar surface area (TPSA) is 110 Å². The molecule has 2 aromatic rings. The first kappa shape index (κ1) is 33.4. The quantitative estimate of drug-likeness (QED) is 0.317. The van der Waals surface area contributed by atoms with Gasteiger partial charge in [-0.3, -0.25) is 10.5 Å². The molecule has 8 nitrogen and oxygen atoms in total. The lowest BCUT2D eigenvalue weighted by atomic mass is 9.49. The van der Waals surface area contributed by atoms with Crippen LogP contribution in [0.15, 0.2) is 24.3 Å². The van der Waals surface area contributed by atoms with Crippen molar-refractivity contribution < 1.29 is 14.4 Å². The predicted octanol–water partition coefficient (Wildman–Crippen LogP) is 6.33. The molecule has 5 fully saturated rings. The molecule has 0 spiro atoms. The molecule has 2 heterocycles. The largest absolute Gasteiger partial charge is 0.368 e. The number of hydrogen-bond acceptors (Lipinski definition) is 8. The van der Waals surface area contributed by atoms with Gasteiger partial charge in [-0.05, 0) is 111 Å². The first-order chi connectivity index (χ1) is 19.2. The molecule has 7 rings (SSSR count). The van der Waals surface area contributed by atoms with Crippen LogP contribution in [-0.2, 0) is 14.4 Å². The maximum atomic E-state index is 13.5. The number of aromatic nitrogens is 1. The van der Waals surface area contributed by atoms with Gasteiger partial charge in [0.2, 0.25) is 5.91 Å². The monoisotopic (exact) mass is 657 g/mol. The van der Waals surface area contributed by atoms with Crippen molar-refractivity contribution in [1.29, 1.82) is 0 Å². The summed E-state index contributed by atoms with van der Waals surface area (Å²) in [4.78, 5) is 38.7. The van der Waals surface area contributed by atoms with E-state index in [0.29, 0.717) is 47.2 Å². The number of nitrogens with one attached hydrogen (secondary N) is 2. The Morgan fingerprint density at radius 2 is 1.83 bits per heavy atom. The fourth-order valence-corrected chi connectivity index (χ4v) is 9.19. The average Bonchev–Trinajstić information content (AvgIpc) is 2.90. The van der Waals surface area contributed by atoms with Crippen LogP contribution in [0.25, 0.3) is 10.9 Å². The highest BCUT2D eigenvalue weighted by atomic mass is 35.5.